The number of hydrogen-bond acceptors (Lipinski definition) is 22. The summed E-state index contributed by atoms with van der Waals surface area (Å²) in [4.78, 5) is 45.4. The lowest BCUT2D eigenvalue weighted by molar-refractivity contribution is -0.384. The van der Waals surface area contributed by atoms with Crippen LogP contribution < -0.4 is 25.3 Å². The summed E-state index contributed by atoms with van der Waals surface area (Å²) in [6, 6.07) is 34.1. The number of sulfonamides is 2. The molecule has 26 nitrogen and oxygen atoms in total. The first kappa shape index (κ1) is 69.9. The number of aliphatic hydroxyl groups is 2. The topological polar surface area (TPSA) is 332 Å². The Hall–Kier alpha value is -6.90. The number of aliphatic hydroxyl groups excluding tert-OH is 2. The van der Waals surface area contributed by atoms with Crippen molar-refractivity contribution in [3.05, 3.63) is 155 Å². The molecular formula is C58H77N5O21S2. The maximum absolute atomic E-state index is 13.5. The van der Waals surface area contributed by atoms with Gasteiger partial charge in [0.15, 0.2) is 12.2 Å². The molecule has 0 radical (unpaired) electrons. The molecular weight excluding hydrogens is 1170 g/mol. The number of nitrogens with zero attached hydrogens (tertiary/aromatic N) is 3. The Bertz CT molecular complexity index is 3020. The van der Waals surface area contributed by atoms with Crippen LogP contribution in [-0.4, -0.2) is 169 Å². The lowest BCUT2D eigenvalue weighted by Crippen LogP contribution is -2.52. The van der Waals surface area contributed by atoms with E-state index in [4.69, 9.17) is 58.0 Å². The van der Waals surface area contributed by atoms with Crippen LogP contribution in [0.2, 0.25) is 0 Å². The number of carbonyl (C=O) groups is 2. The SMILES string of the molecule is CCC(C)ON(CC(O)C(Cc1ccccc1)NC(=O)OC1COCOC1)S(=O)(=O)c1ccc(OC)cc1.CCC(C)ON(CC(O)C(N)Cc1ccccc1)S(=O)(=O)c1ccc(OC)cc1.O=C(Oc1ccc([N+](=O)[O-])cc1)OC1COCOC1. The first-order valence-electron chi connectivity index (χ1n) is 27.4. The minimum Gasteiger partial charge on any atom is -0.497 e. The molecule has 472 valence electrons. The summed E-state index contributed by atoms with van der Waals surface area (Å²) < 4.78 is 100. The van der Waals surface area contributed by atoms with Crippen molar-refractivity contribution in [1.82, 2.24) is 14.3 Å². The predicted molar refractivity (Wildman–Crippen MR) is 310 cm³/mol. The van der Waals surface area contributed by atoms with Crippen molar-refractivity contribution >= 4 is 38.0 Å². The number of amides is 1. The van der Waals surface area contributed by atoms with Gasteiger partial charge in [-0.2, -0.15) is 0 Å². The summed E-state index contributed by atoms with van der Waals surface area (Å²) in [5.41, 5.74) is 7.84. The van der Waals surface area contributed by atoms with Crippen molar-refractivity contribution in [1.29, 1.82) is 0 Å². The van der Waals surface area contributed by atoms with Crippen LogP contribution in [0.15, 0.2) is 143 Å². The summed E-state index contributed by atoms with van der Waals surface area (Å²) in [5, 5.41) is 35.0. The summed E-state index contributed by atoms with van der Waals surface area (Å²) >= 11 is 0. The van der Waals surface area contributed by atoms with Gasteiger partial charge < -0.3 is 63.9 Å². The fourth-order valence-electron chi connectivity index (χ4n) is 7.72. The van der Waals surface area contributed by atoms with Crippen LogP contribution in [0.4, 0.5) is 15.3 Å². The highest BCUT2D eigenvalue weighted by Crippen LogP contribution is 2.25. The molecule has 5 aromatic rings. The van der Waals surface area contributed by atoms with Gasteiger partial charge in [0.1, 0.15) is 30.8 Å². The second-order valence-corrected chi connectivity index (χ2v) is 23.2. The summed E-state index contributed by atoms with van der Waals surface area (Å²) in [7, 11) is -5.17. The third kappa shape index (κ3) is 23.1. The van der Waals surface area contributed by atoms with Crippen molar-refractivity contribution < 1.29 is 93.9 Å². The third-order valence-corrected chi connectivity index (χ3v) is 16.2. The second kappa shape index (κ2) is 35.7. The minimum absolute atomic E-state index is 0.0296. The Balaban J connectivity index is 0.000000249. The average molecular weight is 1240 g/mol. The van der Waals surface area contributed by atoms with E-state index in [0.29, 0.717) is 30.8 Å². The van der Waals surface area contributed by atoms with E-state index in [-0.39, 0.29) is 80.3 Å². The number of nitrogens with one attached hydrogen (secondary N) is 1. The van der Waals surface area contributed by atoms with E-state index in [9.17, 15) is 46.8 Å². The molecule has 6 unspecified atom stereocenters. The van der Waals surface area contributed by atoms with Gasteiger partial charge in [0.25, 0.3) is 25.7 Å². The van der Waals surface area contributed by atoms with Gasteiger partial charge in [-0.05, 0) is 111 Å². The summed E-state index contributed by atoms with van der Waals surface area (Å²) in [5.74, 6) is 1.20. The standard InChI is InChI=1S/C26H36N2O9S.C21H30N2O5S.C11H11NO7/c1-4-19(2)37-28(38(31,32)23-12-10-21(33-3)11-13-23)15-25(29)24(14-20-8-6-5-7-9-20)27-26(30)36-22-16-34-18-35-17-22;1-4-16(2)28-23(29(25,26)19-12-10-18(27-3)11-13-19)15-21(24)20(22)14-17-8-6-5-7-9-17;13-11(19-10-5-16-7-17-6-10)18-9-3-1-8(2-4-9)12(14)15/h5-13,19,22,24-25,29H,4,14-18H2,1-3H3,(H,27,30);5-13,16,20-21,24H,4,14-15,22H2,1-3H3;1-4,10H,5-7H2. The van der Waals surface area contributed by atoms with Gasteiger partial charge in [0, 0.05) is 18.2 Å². The Morgan fingerprint density at radius 3 is 1.45 bits per heavy atom. The van der Waals surface area contributed by atoms with Crippen LogP contribution in [0.25, 0.3) is 0 Å². The fraction of sp³-hybridized carbons (Fsp3) is 0.448. The molecule has 5 aromatic carbocycles. The van der Waals surface area contributed by atoms with Crippen molar-refractivity contribution in [2.24, 2.45) is 5.73 Å². The number of nitrogens with two attached hydrogens (primary N) is 1. The van der Waals surface area contributed by atoms with Crippen LogP contribution in [0.5, 0.6) is 17.2 Å². The molecule has 2 fully saturated rings. The molecule has 7 rings (SSSR count). The van der Waals surface area contributed by atoms with Crippen LogP contribution in [0.3, 0.4) is 0 Å². The third-order valence-electron chi connectivity index (χ3n) is 12.9. The minimum atomic E-state index is -4.17. The molecule has 2 saturated heterocycles. The van der Waals surface area contributed by atoms with Crippen LogP contribution >= 0.6 is 0 Å². The number of nitro groups is 1. The first-order valence-corrected chi connectivity index (χ1v) is 30.3. The van der Waals surface area contributed by atoms with Gasteiger partial charge in [-0.3, -0.25) is 19.8 Å². The normalized spacial score (nSPS) is 16.1. The zero-order valence-electron chi connectivity index (χ0n) is 48.7. The smallest absolute Gasteiger partial charge is 0.497 e. The van der Waals surface area contributed by atoms with E-state index >= 15 is 0 Å². The number of ether oxygens (including phenoxy) is 9. The molecule has 1 amide bonds. The number of methoxy groups -OCH3 is 2. The van der Waals surface area contributed by atoms with Crippen LogP contribution in [0.1, 0.15) is 51.7 Å². The molecule has 86 heavy (non-hydrogen) atoms. The molecule has 0 aliphatic carbocycles. The zero-order valence-corrected chi connectivity index (χ0v) is 50.3. The predicted octanol–water partition coefficient (Wildman–Crippen LogP) is 6.32. The zero-order chi connectivity index (χ0) is 62.7. The molecule has 0 saturated carbocycles. The van der Waals surface area contributed by atoms with Crippen LogP contribution in [0, 0.1) is 10.1 Å². The Kier molecular flexibility index (Phi) is 29.0. The highest BCUT2D eigenvalue weighted by molar-refractivity contribution is 7.89. The number of carbonyl (C=O) groups excluding carboxylic acids is 2. The largest absolute Gasteiger partial charge is 0.514 e. The molecule has 2 aliphatic rings. The van der Waals surface area contributed by atoms with Crippen molar-refractivity contribution in [3.63, 3.8) is 0 Å². The molecule has 0 spiro atoms. The molecule has 2 aliphatic heterocycles. The fourth-order valence-corrected chi connectivity index (χ4v) is 10.4. The van der Waals surface area contributed by atoms with Crippen LogP contribution in [-0.2, 0) is 71.0 Å². The second-order valence-electron chi connectivity index (χ2n) is 19.5. The van der Waals surface area contributed by atoms with Gasteiger partial charge in [-0.1, -0.05) is 83.4 Å². The van der Waals surface area contributed by atoms with Crippen molar-refractivity contribution in [3.8, 4) is 17.2 Å². The highest BCUT2D eigenvalue weighted by Gasteiger charge is 2.35. The molecule has 5 N–H and O–H groups in total. The van der Waals surface area contributed by atoms with Gasteiger partial charge >= 0.3 is 12.2 Å². The van der Waals surface area contributed by atoms with Crippen molar-refractivity contribution in [2.75, 3.05) is 67.3 Å². The van der Waals surface area contributed by atoms with E-state index in [1.54, 1.807) is 26.0 Å². The van der Waals surface area contributed by atoms with Gasteiger partial charge in [-0.25, -0.2) is 26.4 Å². The van der Waals surface area contributed by atoms with Gasteiger partial charge in [0.2, 0.25) is 0 Å². The van der Waals surface area contributed by atoms with E-state index in [1.807, 2.05) is 74.5 Å². The number of rotatable bonds is 27. The molecule has 6 atom stereocenters. The number of hydroxylamine groups is 2. The number of alkyl carbamates (subject to hydrolysis) is 1. The number of non-ortho nitro benzene ring substituents is 1. The van der Waals surface area contributed by atoms with E-state index in [0.717, 1.165) is 20.1 Å². The summed E-state index contributed by atoms with van der Waals surface area (Å²) in [6.45, 7) is 7.72. The Morgan fingerprint density at radius 1 is 0.628 bits per heavy atom. The van der Waals surface area contributed by atoms with Gasteiger partial charge in [0.05, 0.1) is 98.9 Å². The highest BCUT2D eigenvalue weighted by atomic mass is 32.2. The number of hydrogen-bond donors (Lipinski definition) is 4. The van der Waals surface area contributed by atoms with E-state index < -0.39 is 86.4 Å². The monoisotopic (exact) mass is 1240 g/mol. The first-order chi connectivity index (χ1) is 41.1. The molecule has 0 bridgehead atoms. The number of benzene rings is 5. The lowest BCUT2D eigenvalue weighted by atomic mass is 10.0. The van der Waals surface area contributed by atoms with Gasteiger partial charge in [-0.15, -0.1) is 0 Å². The number of nitro benzene ring substituents is 1. The quantitative estimate of drug-likeness (QED) is 0.0193. The lowest BCUT2D eigenvalue weighted by Gasteiger charge is -2.31. The summed E-state index contributed by atoms with van der Waals surface area (Å²) in [6.07, 6.45) is -4.27. The van der Waals surface area contributed by atoms with E-state index in [2.05, 4.69) is 5.32 Å². The molecule has 0 aromatic heterocycles. The van der Waals surface area contributed by atoms with E-state index in [1.165, 1.54) is 74.9 Å². The molecule has 28 heteroatoms. The Morgan fingerprint density at radius 2 is 1.03 bits per heavy atom. The molecule has 2 heterocycles. The average Bonchev–Trinajstić information content (AvgIpc) is 2.85. The maximum Gasteiger partial charge on any atom is 0.514 e. The maximum atomic E-state index is 13.5. The van der Waals surface area contributed by atoms with Crippen molar-refractivity contribution in [2.45, 2.75) is 112 Å². The Labute approximate surface area is 501 Å².